The number of aryl methyl sites for hydroxylation is 2. The van der Waals surface area contributed by atoms with Gasteiger partial charge in [0.05, 0.1) is 17.7 Å². The maximum Gasteiger partial charge on any atom is 0.257 e. The zero-order valence-electron chi connectivity index (χ0n) is 11.6. The number of carbonyl (C=O) groups excluding carboxylic acids is 1. The van der Waals surface area contributed by atoms with Crippen molar-refractivity contribution in [2.45, 2.75) is 32.7 Å². The third kappa shape index (κ3) is 2.31. The molecule has 1 amide bonds. The van der Waals surface area contributed by atoms with E-state index >= 15 is 0 Å². The van der Waals surface area contributed by atoms with E-state index in [2.05, 4.69) is 15.2 Å². The molecule has 0 bridgehead atoms. The van der Waals surface area contributed by atoms with Crippen LogP contribution in [-0.2, 0) is 6.54 Å². The summed E-state index contributed by atoms with van der Waals surface area (Å²) < 4.78 is 6.94. The number of aromatic nitrogens is 4. The Bertz CT molecular complexity index is 618. The first-order chi connectivity index (χ1) is 9.67. The summed E-state index contributed by atoms with van der Waals surface area (Å²) >= 11 is 0. The first-order valence-corrected chi connectivity index (χ1v) is 6.79. The van der Waals surface area contributed by atoms with E-state index < -0.39 is 0 Å². The Labute approximate surface area is 116 Å². The summed E-state index contributed by atoms with van der Waals surface area (Å²) in [5.74, 6) is 1.42. The molecule has 1 fully saturated rings. The second kappa shape index (κ2) is 5.07. The minimum Gasteiger partial charge on any atom is -0.339 e. The Kier molecular flexibility index (Phi) is 3.25. The van der Waals surface area contributed by atoms with E-state index in [1.54, 1.807) is 24.0 Å². The number of likely N-dealkylation sites (tertiary alicyclic amines) is 1. The molecule has 0 radical (unpaired) electrons. The highest BCUT2D eigenvalue weighted by atomic mass is 16.5. The molecule has 7 heteroatoms. The number of rotatable bonds is 3. The van der Waals surface area contributed by atoms with E-state index in [1.165, 1.54) is 0 Å². The third-order valence-electron chi connectivity index (χ3n) is 3.57. The predicted octanol–water partition coefficient (Wildman–Crippen LogP) is 1.22. The third-order valence-corrected chi connectivity index (χ3v) is 3.57. The van der Waals surface area contributed by atoms with Crippen LogP contribution in [0.3, 0.4) is 0 Å². The van der Waals surface area contributed by atoms with Gasteiger partial charge in [0.1, 0.15) is 0 Å². The molecule has 2 aromatic heterocycles. The van der Waals surface area contributed by atoms with Gasteiger partial charge in [0.2, 0.25) is 5.89 Å². The van der Waals surface area contributed by atoms with Gasteiger partial charge in [-0.25, -0.2) is 0 Å². The van der Waals surface area contributed by atoms with Crippen molar-refractivity contribution in [2.24, 2.45) is 0 Å². The summed E-state index contributed by atoms with van der Waals surface area (Å²) in [6, 6.07) is 0. The molecule has 1 aliphatic heterocycles. The van der Waals surface area contributed by atoms with Gasteiger partial charge in [0.15, 0.2) is 5.82 Å². The molecule has 20 heavy (non-hydrogen) atoms. The van der Waals surface area contributed by atoms with Crippen LogP contribution in [0.25, 0.3) is 0 Å². The quantitative estimate of drug-likeness (QED) is 0.841. The van der Waals surface area contributed by atoms with Crippen molar-refractivity contribution in [3.63, 3.8) is 0 Å². The monoisotopic (exact) mass is 275 g/mol. The Morgan fingerprint density at radius 2 is 2.40 bits per heavy atom. The molecule has 1 unspecified atom stereocenters. The van der Waals surface area contributed by atoms with Gasteiger partial charge in [-0.15, -0.1) is 0 Å². The van der Waals surface area contributed by atoms with Gasteiger partial charge in [0.25, 0.3) is 5.91 Å². The van der Waals surface area contributed by atoms with Crippen LogP contribution in [0.15, 0.2) is 16.9 Å². The van der Waals surface area contributed by atoms with E-state index in [4.69, 9.17) is 4.52 Å². The molecule has 0 aliphatic carbocycles. The van der Waals surface area contributed by atoms with Crippen molar-refractivity contribution in [2.75, 3.05) is 13.1 Å². The first kappa shape index (κ1) is 12.8. The lowest BCUT2D eigenvalue weighted by molar-refractivity contribution is 0.0789. The maximum absolute atomic E-state index is 12.4. The summed E-state index contributed by atoms with van der Waals surface area (Å²) in [6.45, 7) is 5.88. The van der Waals surface area contributed by atoms with Crippen molar-refractivity contribution < 1.29 is 9.32 Å². The van der Waals surface area contributed by atoms with Gasteiger partial charge >= 0.3 is 0 Å². The normalized spacial score (nSPS) is 18.7. The minimum absolute atomic E-state index is 0.0171. The Balaban J connectivity index is 1.69. The molecule has 0 aromatic carbocycles. The van der Waals surface area contributed by atoms with Crippen molar-refractivity contribution in [1.29, 1.82) is 0 Å². The van der Waals surface area contributed by atoms with Crippen LogP contribution < -0.4 is 0 Å². The largest absolute Gasteiger partial charge is 0.339 e. The second-order valence-corrected chi connectivity index (χ2v) is 5.00. The highest BCUT2D eigenvalue weighted by molar-refractivity contribution is 5.93. The molecule has 1 atom stereocenters. The number of nitrogens with zero attached hydrogens (tertiary/aromatic N) is 5. The maximum atomic E-state index is 12.4. The number of amides is 1. The van der Waals surface area contributed by atoms with E-state index in [1.807, 2.05) is 11.8 Å². The van der Waals surface area contributed by atoms with Crippen molar-refractivity contribution in [1.82, 2.24) is 24.8 Å². The lowest BCUT2D eigenvalue weighted by atomic mass is 10.1. The number of hydrogen-bond donors (Lipinski definition) is 0. The number of carbonyl (C=O) groups is 1. The van der Waals surface area contributed by atoms with E-state index in [9.17, 15) is 4.79 Å². The van der Waals surface area contributed by atoms with Gasteiger partial charge in [-0.2, -0.15) is 10.1 Å². The highest BCUT2D eigenvalue weighted by Gasteiger charge is 2.31. The zero-order valence-corrected chi connectivity index (χ0v) is 11.6. The summed E-state index contributed by atoms with van der Waals surface area (Å²) in [5, 5.41) is 7.94. The van der Waals surface area contributed by atoms with Gasteiger partial charge in [-0.05, 0) is 20.3 Å². The topological polar surface area (TPSA) is 77.0 Å². The molecule has 0 spiro atoms. The fourth-order valence-electron chi connectivity index (χ4n) is 2.45. The van der Waals surface area contributed by atoms with Crippen molar-refractivity contribution in [3.8, 4) is 0 Å². The summed E-state index contributed by atoms with van der Waals surface area (Å²) in [6.07, 6.45) is 4.26. The summed E-state index contributed by atoms with van der Waals surface area (Å²) in [5.41, 5.74) is 0.634. The smallest absolute Gasteiger partial charge is 0.257 e. The molecular weight excluding hydrogens is 258 g/mol. The van der Waals surface area contributed by atoms with E-state index in [-0.39, 0.29) is 11.8 Å². The SMILES string of the molecule is CCn1cc(C(=O)N2CCC(c3nc(C)no3)C2)cn1. The highest BCUT2D eigenvalue weighted by Crippen LogP contribution is 2.26. The molecule has 0 N–H and O–H groups in total. The molecular formula is C13H17N5O2. The summed E-state index contributed by atoms with van der Waals surface area (Å²) in [7, 11) is 0. The molecule has 0 saturated carbocycles. The molecule has 2 aromatic rings. The Hall–Kier alpha value is -2.18. The van der Waals surface area contributed by atoms with Gasteiger partial charge < -0.3 is 9.42 Å². The minimum atomic E-state index is 0.0171. The van der Waals surface area contributed by atoms with Crippen LogP contribution in [0.4, 0.5) is 0 Å². The van der Waals surface area contributed by atoms with Crippen LogP contribution in [0.2, 0.25) is 0 Å². The molecule has 1 saturated heterocycles. The predicted molar refractivity (Wildman–Crippen MR) is 70.2 cm³/mol. The van der Waals surface area contributed by atoms with Crippen LogP contribution in [-0.4, -0.2) is 43.8 Å². The van der Waals surface area contributed by atoms with Crippen LogP contribution in [0.5, 0.6) is 0 Å². The molecule has 3 heterocycles. The lowest BCUT2D eigenvalue weighted by Gasteiger charge is -2.14. The molecule has 3 rings (SSSR count). The molecule has 7 nitrogen and oxygen atoms in total. The van der Waals surface area contributed by atoms with Crippen molar-refractivity contribution >= 4 is 5.91 Å². The summed E-state index contributed by atoms with van der Waals surface area (Å²) in [4.78, 5) is 18.4. The van der Waals surface area contributed by atoms with E-state index in [0.717, 1.165) is 13.0 Å². The van der Waals surface area contributed by atoms with Crippen LogP contribution in [0.1, 0.15) is 41.3 Å². The molecule has 1 aliphatic rings. The standard InChI is InChI=1S/C13H17N5O2/c1-3-18-8-11(6-14-18)13(19)17-5-4-10(7-17)12-15-9(2)16-20-12/h6,8,10H,3-5,7H2,1-2H3. The fraction of sp³-hybridized carbons (Fsp3) is 0.538. The Morgan fingerprint density at radius 3 is 3.05 bits per heavy atom. The van der Waals surface area contributed by atoms with E-state index in [0.29, 0.717) is 30.4 Å². The van der Waals surface area contributed by atoms with Crippen molar-refractivity contribution in [3.05, 3.63) is 29.7 Å². The van der Waals surface area contributed by atoms with Gasteiger partial charge in [-0.1, -0.05) is 5.16 Å². The second-order valence-electron chi connectivity index (χ2n) is 5.00. The fourth-order valence-corrected chi connectivity index (χ4v) is 2.45. The van der Waals surface area contributed by atoms with Crippen LogP contribution >= 0.6 is 0 Å². The van der Waals surface area contributed by atoms with Gasteiger partial charge in [0, 0.05) is 25.8 Å². The Morgan fingerprint density at radius 1 is 1.55 bits per heavy atom. The lowest BCUT2D eigenvalue weighted by Crippen LogP contribution is -2.28. The molecule has 106 valence electrons. The van der Waals surface area contributed by atoms with Crippen LogP contribution in [0, 0.1) is 6.92 Å². The average molecular weight is 275 g/mol. The number of hydrogen-bond acceptors (Lipinski definition) is 5. The average Bonchev–Trinajstić information content (AvgIpc) is 3.17. The first-order valence-electron chi connectivity index (χ1n) is 6.79. The zero-order chi connectivity index (χ0) is 14.1. The van der Waals surface area contributed by atoms with Gasteiger partial charge in [-0.3, -0.25) is 9.48 Å².